The lowest BCUT2D eigenvalue weighted by atomic mass is 10.1. The van der Waals surface area contributed by atoms with Gasteiger partial charge in [0.2, 0.25) is 0 Å². The first kappa shape index (κ1) is 15.1. The van der Waals surface area contributed by atoms with Crippen LogP contribution in [-0.4, -0.2) is 6.47 Å². The molecule has 0 amide bonds. The Morgan fingerprint density at radius 2 is 1.93 bits per heavy atom. The van der Waals surface area contributed by atoms with E-state index in [-0.39, 0.29) is 5.83 Å². The van der Waals surface area contributed by atoms with E-state index < -0.39 is 0 Å². The second-order valence-electron chi connectivity index (χ2n) is 1.96. The van der Waals surface area contributed by atoms with Gasteiger partial charge in [0, 0.05) is 12.8 Å². The highest BCUT2D eigenvalue weighted by atomic mass is 19.1. The number of allylic oxidation sites excluding steroid dienone is 4. The molecule has 0 saturated heterocycles. The second-order valence-corrected chi connectivity index (χ2v) is 1.96. The van der Waals surface area contributed by atoms with Gasteiger partial charge in [-0.3, -0.25) is 4.79 Å². The normalized spacial score (nSPS) is 13.1. The zero-order valence-electron chi connectivity index (χ0n) is 8.75. The van der Waals surface area contributed by atoms with Crippen LogP contribution in [0, 0.1) is 0 Å². The van der Waals surface area contributed by atoms with Gasteiger partial charge in [0.25, 0.3) is 6.47 Å². The summed E-state index contributed by atoms with van der Waals surface area (Å²) in [4.78, 5) is 9.78. The van der Waals surface area contributed by atoms with Crippen molar-refractivity contribution in [3.05, 3.63) is 36.9 Å². The van der Waals surface area contributed by atoms with Crippen molar-refractivity contribution < 1.29 is 13.9 Å². The van der Waals surface area contributed by atoms with Crippen LogP contribution in [0.3, 0.4) is 0 Å². The Bertz CT molecular complexity index is 207. The standard InChI is InChI=1S/C7H7FO2.C2H6.C2H4/c8-6-1-3-7(4-2-6)10-5-9;2*1-2/h1,3,5H,2,4H2;1-2H3;1-2H2. The highest BCUT2D eigenvalue weighted by Crippen LogP contribution is 2.18. The molecular formula is C11H17FO2. The quantitative estimate of drug-likeness (QED) is 0.503. The molecule has 3 heteroatoms. The molecule has 1 aliphatic rings. The van der Waals surface area contributed by atoms with E-state index in [0.29, 0.717) is 25.1 Å². The van der Waals surface area contributed by atoms with Crippen molar-refractivity contribution in [3.63, 3.8) is 0 Å². The van der Waals surface area contributed by atoms with Gasteiger partial charge in [-0.05, 0) is 12.2 Å². The molecule has 0 aliphatic heterocycles. The fraction of sp³-hybridized carbons (Fsp3) is 0.364. The average Bonchev–Trinajstić information content (AvgIpc) is 2.28. The summed E-state index contributed by atoms with van der Waals surface area (Å²) in [6, 6.07) is 0. The molecule has 14 heavy (non-hydrogen) atoms. The monoisotopic (exact) mass is 200 g/mol. The summed E-state index contributed by atoms with van der Waals surface area (Å²) in [6.07, 6.45) is 3.58. The molecule has 0 fully saturated rings. The number of hydrogen-bond donors (Lipinski definition) is 0. The van der Waals surface area contributed by atoms with E-state index in [2.05, 4.69) is 17.9 Å². The molecule has 0 heterocycles. The third kappa shape index (κ3) is 7.28. The van der Waals surface area contributed by atoms with Crippen molar-refractivity contribution >= 4 is 6.47 Å². The Labute approximate surface area is 84.8 Å². The predicted molar refractivity (Wildman–Crippen MR) is 56.3 cm³/mol. The SMILES string of the molecule is C=C.CC.O=COC1=CC=C(F)CC1. The van der Waals surface area contributed by atoms with Gasteiger partial charge in [-0.2, -0.15) is 0 Å². The van der Waals surface area contributed by atoms with Crippen LogP contribution in [0.2, 0.25) is 0 Å². The van der Waals surface area contributed by atoms with Crippen molar-refractivity contribution in [1.29, 1.82) is 0 Å². The smallest absolute Gasteiger partial charge is 0.298 e. The molecule has 80 valence electrons. The minimum atomic E-state index is -0.168. The Balaban J connectivity index is 0. The van der Waals surface area contributed by atoms with Gasteiger partial charge in [0.1, 0.15) is 11.6 Å². The number of halogens is 1. The molecular weight excluding hydrogens is 183 g/mol. The maximum atomic E-state index is 12.3. The van der Waals surface area contributed by atoms with Crippen molar-refractivity contribution in [2.75, 3.05) is 0 Å². The highest BCUT2D eigenvalue weighted by Gasteiger charge is 2.05. The molecule has 0 spiro atoms. The first-order valence-corrected chi connectivity index (χ1v) is 4.48. The summed E-state index contributed by atoms with van der Waals surface area (Å²) in [5.74, 6) is 0.356. The summed E-state index contributed by atoms with van der Waals surface area (Å²) in [5.41, 5.74) is 0. The van der Waals surface area contributed by atoms with Crippen LogP contribution < -0.4 is 0 Å². The Morgan fingerprint density at radius 3 is 2.29 bits per heavy atom. The number of carbonyl (C=O) groups is 1. The molecule has 0 aromatic heterocycles. The molecule has 0 unspecified atom stereocenters. The van der Waals surface area contributed by atoms with Gasteiger partial charge < -0.3 is 4.74 Å². The van der Waals surface area contributed by atoms with Gasteiger partial charge in [-0.1, -0.05) is 13.8 Å². The summed E-state index contributed by atoms with van der Waals surface area (Å²) < 4.78 is 16.8. The molecule has 2 nitrogen and oxygen atoms in total. The summed E-state index contributed by atoms with van der Waals surface area (Å²) in [5, 5.41) is 0. The van der Waals surface area contributed by atoms with E-state index in [1.54, 1.807) is 0 Å². The topological polar surface area (TPSA) is 26.3 Å². The van der Waals surface area contributed by atoms with Crippen LogP contribution in [-0.2, 0) is 9.53 Å². The van der Waals surface area contributed by atoms with E-state index in [1.807, 2.05) is 13.8 Å². The third-order valence-electron chi connectivity index (χ3n) is 1.26. The largest absolute Gasteiger partial charge is 0.433 e. The minimum absolute atomic E-state index is 0.168. The molecule has 0 N–H and O–H groups in total. The summed E-state index contributed by atoms with van der Waals surface area (Å²) >= 11 is 0. The van der Waals surface area contributed by atoms with Crippen molar-refractivity contribution in [3.8, 4) is 0 Å². The number of hydrogen-bond acceptors (Lipinski definition) is 2. The van der Waals surface area contributed by atoms with Crippen molar-refractivity contribution in [1.82, 2.24) is 0 Å². The lowest BCUT2D eigenvalue weighted by Crippen LogP contribution is -1.93. The lowest BCUT2D eigenvalue weighted by molar-refractivity contribution is -0.125. The molecule has 0 saturated carbocycles. The second kappa shape index (κ2) is 11.6. The molecule has 1 aliphatic carbocycles. The number of ether oxygens (including phenoxy) is 1. The molecule has 0 aromatic carbocycles. The van der Waals surface area contributed by atoms with Crippen molar-refractivity contribution in [2.24, 2.45) is 0 Å². The first-order chi connectivity index (χ1) is 6.83. The van der Waals surface area contributed by atoms with E-state index in [0.717, 1.165) is 0 Å². The fourth-order valence-corrected chi connectivity index (χ4v) is 0.753. The molecule has 0 radical (unpaired) electrons. The van der Waals surface area contributed by atoms with Crippen LogP contribution in [0.5, 0.6) is 0 Å². The molecule has 1 rings (SSSR count). The lowest BCUT2D eigenvalue weighted by Gasteiger charge is -2.05. The Morgan fingerprint density at radius 1 is 1.36 bits per heavy atom. The van der Waals surface area contributed by atoms with Gasteiger partial charge in [0.05, 0.1) is 0 Å². The van der Waals surface area contributed by atoms with Crippen LogP contribution >= 0.6 is 0 Å². The average molecular weight is 200 g/mol. The van der Waals surface area contributed by atoms with Gasteiger partial charge >= 0.3 is 0 Å². The molecule has 0 atom stereocenters. The molecule has 0 bridgehead atoms. The van der Waals surface area contributed by atoms with Gasteiger partial charge in [0.15, 0.2) is 0 Å². The number of carbonyl (C=O) groups excluding carboxylic acids is 1. The van der Waals surface area contributed by atoms with Crippen molar-refractivity contribution in [2.45, 2.75) is 26.7 Å². The van der Waals surface area contributed by atoms with Crippen LogP contribution in [0.1, 0.15) is 26.7 Å². The van der Waals surface area contributed by atoms with E-state index in [9.17, 15) is 9.18 Å². The summed E-state index contributed by atoms with van der Waals surface area (Å²) in [6.45, 7) is 10.4. The maximum absolute atomic E-state index is 12.3. The predicted octanol–water partition coefficient (Wildman–Crippen LogP) is 3.52. The van der Waals surface area contributed by atoms with Gasteiger partial charge in [-0.25, -0.2) is 4.39 Å². The van der Waals surface area contributed by atoms with Crippen LogP contribution in [0.4, 0.5) is 4.39 Å². The van der Waals surface area contributed by atoms with Gasteiger partial charge in [-0.15, -0.1) is 13.2 Å². The maximum Gasteiger partial charge on any atom is 0.298 e. The third-order valence-corrected chi connectivity index (χ3v) is 1.26. The number of rotatable bonds is 2. The fourth-order valence-electron chi connectivity index (χ4n) is 0.753. The van der Waals surface area contributed by atoms with E-state index in [4.69, 9.17) is 0 Å². The minimum Gasteiger partial charge on any atom is -0.433 e. The highest BCUT2D eigenvalue weighted by molar-refractivity contribution is 5.40. The van der Waals surface area contributed by atoms with Crippen LogP contribution in [0.15, 0.2) is 36.9 Å². The van der Waals surface area contributed by atoms with E-state index >= 15 is 0 Å². The zero-order chi connectivity index (χ0) is 11.4. The molecule has 0 aromatic rings. The van der Waals surface area contributed by atoms with Crippen LogP contribution in [0.25, 0.3) is 0 Å². The Kier molecular flexibility index (Phi) is 12.5. The Hall–Kier alpha value is -1.38. The zero-order valence-corrected chi connectivity index (χ0v) is 8.75. The first-order valence-electron chi connectivity index (χ1n) is 4.48. The van der Waals surface area contributed by atoms with E-state index in [1.165, 1.54) is 12.2 Å². The summed E-state index contributed by atoms with van der Waals surface area (Å²) in [7, 11) is 0.